The van der Waals surface area contributed by atoms with Gasteiger partial charge in [-0.3, -0.25) is 0 Å². The van der Waals surface area contributed by atoms with Gasteiger partial charge in [0, 0.05) is 0 Å². The number of rotatable bonds is 2. The maximum Gasteiger partial charge on any atom is -0.0266 e. The van der Waals surface area contributed by atoms with Gasteiger partial charge >= 0.3 is 0 Å². The third-order valence-corrected chi connectivity index (χ3v) is 4.99. The molecule has 2 fully saturated rings. The molecule has 0 heteroatoms. The lowest BCUT2D eigenvalue weighted by atomic mass is 9.68. The van der Waals surface area contributed by atoms with Gasteiger partial charge in [-0.25, -0.2) is 0 Å². The first-order valence-electron chi connectivity index (χ1n) is 5.73. The van der Waals surface area contributed by atoms with Crippen LogP contribution in [0, 0.1) is 23.2 Å². The second-order valence-electron chi connectivity index (χ2n) is 5.09. The van der Waals surface area contributed by atoms with Crippen LogP contribution < -0.4 is 0 Å². The van der Waals surface area contributed by atoms with Crippen LogP contribution in [0.25, 0.3) is 0 Å². The molecule has 0 aromatic heterocycles. The van der Waals surface area contributed by atoms with E-state index in [1.54, 1.807) is 6.42 Å². The maximum absolute atomic E-state index is 2.50. The third kappa shape index (κ3) is 0.900. The lowest BCUT2D eigenvalue weighted by molar-refractivity contribution is 0.128. The molecule has 0 radical (unpaired) electrons. The zero-order chi connectivity index (χ0) is 8.77. The Bertz CT molecular complexity index is 173. The van der Waals surface area contributed by atoms with Gasteiger partial charge in [0.05, 0.1) is 0 Å². The third-order valence-electron chi connectivity index (χ3n) is 4.99. The minimum Gasteiger partial charge on any atom is -0.0651 e. The summed E-state index contributed by atoms with van der Waals surface area (Å²) in [4.78, 5) is 0. The van der Waals surface area contributed by atoms with Gasteiger partial charge in [0.1, 0.15) is 0 Å². The standard InChI is InChI=1S/C12H22/c1-4-11-9(3)10-6-7-12(11,5-2)8-10/h9-11H,4-8H2,1-3H3. The predicted octanol–water partition coefficient (Wildman–Crippen LogP) is 3.86. The molecule has 0 aliphatic heterocycles. The van der Waals surface area contributed by atoms with Crippen molar-refractivity contribution in [3.05, 3.63) is 0 Å². The Labute approximate surface area is 76.7 Å². The van der Waals surface area contributed by atoms with E-state index in [9.17, 15) is 0 Å². The van der Waals surface area contributed by atoms with Crippen molar-refractivity contribution in [1.82, 2.24) is 0 Å². The molecule has 0 aromatic carbocycles. The highest BCUT2D eigenvalue weighted by Gasteiger charge is 2.53. The van der Waals surface area contributed by atoms with E-state index in [-0.39, 0.29) is 0 Å². The minimum absolute atomic E-state index is 0.791. The molecule has 0 N–H and O–H groups in total. The minimum atomic E-state index is 0.791. The molecule has 0 saturated heterocycles. The van der Waals surface area contributed by atoms with Crippen LogP contribution in [0.4, 0.5) is 0 Å². The van der Waals surface area contributed by atoms with Crippen LogP contribution in [0.5, 0.6) is 0 Å². The molecule has 0 spiro atoms. The van der Waals surface area contributed by atoms with Gasteiger partial charge in [-0.1, -0.05) is 33.6 Å². The Morgan fingerprint density at radius 2 is 2.08 bits per heavy atom. The van der Waals surface area contributed by atoms with Crippen molar-refractivity contribution in [1.29, 1.82) is 0 Å². The van der Waals surface area contributed by atoms with E-state index in [0.717, 1.165) is 23.2 Å². The summed E-state index contributed by atoms with van der Waals surface area (Å²) < 4.78 is 0. The van der Waals surface area contributed by atoms with Gasteiger partial charge in [0.25, 0.3) is 0 Å². The highest BCUT2D eigenvalue weighted by molar-refractivity contribution is 5.03. The van der Waals surface area contributed by atoms with Crippen molar-refractivity contribution in [2.45, 2.75) is 52.9 Å². The van der Waals surface area contributed by atoms with Gasteiger partial charge < -0.3 is 0 Å². The fourth-order valence-electron chi connectivity index (χ4n) is 4.26. The lowest BCUT2D eigenvalue weighted by Crippen LogP contribution is -2.28. The summed E-state index contributed by atoms with van der Waals surface area (Å²) >= 11 is 0. The van der Waals surface area contributed by atoms with Crippen LogP contribution in [0.15, 0.2) is 0 Å². The van der Waals surface area contributed by atoms with E-state index in [2.05, 4.69) is 20.8 Å². The fourth-order valence-corrected chi connectivity index (χ4v) is 4.26. The maximum atomic E-state index is 2.50. The molecule has 0 heterocycles. The summed E-state index contributed by atoms with van der Waals surface area (Å²) in [7, 11) is 0. The van der Waals surface area contributed by atoms with E-state index in [0.29, 0.717) is 0 Å². The number of hydrogen-bond acceptors (Lipinski definition) is 0. The van der Waals surface area contributed by atoms with E-state index < -0.39 is 0 Å². The Morgan fingerprint density at radius 1 is 1.33 bits per heavy atom. The molecular weight excluding hydrogens is 144 g/mol. The first-order valence-corrected chi connectivity index (χ1v) is 5.73. The molecular formula is C12H22. The summed E-state index contributed by atoms with van der Waals surface area (Å²) in [6, 6.07) is 0. The topological polar surface area (TPSA) is 0 Å². The summed E-state index contributed by atoms with van der Waals surface area (Å²) in [6.07, 6.45) is 7.49. The fraction of sp³-hybridized carbons (Fsp3) is 1.00. The molecule has 4 atom stereocenters. The monoisotopic (exact) mass is 166 g/mol. The number of fused-ring (bicyclic) bond motifs is 2. The second kappa shape index (κ2) is 2.75. The predicted molar refractivity (Wildman–Crippen MR) is 53.0 cm³/mol. The van der Waals surface area contributed by atoms with Crippen LogP contribution in [0.3, 0.4) is 0 Å². The molecule has 2 rings (SSSR count). The molecule has 0 amide bonds. The van der Waals surface area contributed by atoms with Crippen LogP contribution in [0.2, 0.25) is 0 Å². The van der Waals surface area contributed by atoms with Crippen LogP contribution in [-0.2, 0) is 0 Å². The Balaban J connectivity index is 2.22. The molecule has 2 aliphatic carbocycles. The SMILES string of the molecule is CCC1C(C)C2CCC1(CC)C2. The first-order chi connectivity index (χ1) is 5.73. The largest absolute Gasteiger partial charge is 0.0651 e. The van der Waals surface area contributed by atoms with Gasteiger partial charge in [-0.15, -0.1) is 0 Å². The highest BCUT2D eigenvalue weighted by Crippen LogP contribution is 2.62. The van der Waals surface area contributed by atoms with Crippen molar-refractivity contribution in [2.24, 2.45) is 23.2 Å². The van der Waals surface area contributed by atoms with Crippen molar-refractivity contribution in [3.8, 4) is 0 Å². The van der Waals surface area contributed by atoms with Gasteiger partial charge in [0.15, 0.2) is 0 Å². The van der Waals surface area contributed by atoms with Crippen molar-refractivity contribution in [2.75, 3.05) is 0 Å². The van der Waals surface area contributed by atoms with Gasteiger partial charge in [-0.2, -0.15) is 0 Å². The summed E-state index contributed by atoms with van der Waals surface area (Å²) in [5, 5.41) is 0. The molecule has 70 valence electrons. The summed E-state index contributed by atoms with van der Waals surface area (Å²) in [5.41, 5.74) is 0.791. The first kappa shape index (κ1) is 8.59. The van der Waals surface area contributed by atoms with Crippen molar-refractivity contribution in [3.63, 3.8) is 0 Å². The molecule has 0 aromatic rings. The Kier molecular flexibility index (Phi) is 1.97. The molecule has 2 saturated carbocycles. The zero-order valence-electron chi connectivity index (χ0n) is 8.77. The average Bonchev–Trinajstić information content (AvgIpc) is 2.61. The highest BCUT2D eigenvalue weighted by atomic mass is 14.6. The Hall–Kier alpha value is 0. The zero-order valence-corrected chi connectivity index (χ0v) is 8.77. The summed E-state index contributed by atoms with van der Waals surface area (Å²) in [5.74, 6) is 3.18. The molecule has 0 nitrogen and oxygen atoms in total. The molecule has 2 bridgehead atoms. The normalized spacial score (nSPS) is 51.8. The Morgan fingerprint density at radius 3 is 2.58 bits per heavy atom. The summed E-state index contributed by atoms with van der Waals surface area (Å²) in [6.45, 7) is 7.29. The lowest BCUT2D eigenvalue weighted by Gasteiger charge is -2.37. The van der Waals surface area contributed by atoms with E-state index in [1.165, 1.54) is 25.7 Å². The smallest absolute Gasteiger partial charge is 0.0266 e. The number of hydrogen-bond donors (Lipinski definition) is 0. The molecule has 4 unspecified atom stereocenters. The van der Waals surface area contributed by atoms with Gasteiger partial charge in [-0.05, 0) is 42.4 Å². The molecule has 12 heavy (non-hydrogen) atoms. The average molecular weight is 166 g/mol. The molecule has 2 aliphatic rings. The van der Waals surface area contributed by atoms with Crippen molar-refractivity contribution >= 4 is 0 Å². The second-order valence-corrected chi connectivity index (χ2v) is 5.09. The van der Waals surface area contributed by atoms with E-state index in [4.69, 9.17) is 0 Å². The van der Waals surface area contributed by atoms with Crippen LogP contribution in [0.1, 0.15) is 52.9 Å². The quantitative estimate of drug-likeness (QED) is 0.584. The van der Waals surface area contributed by atoms with E-state index in [1.807, 2.05) is 0 Å². The van der Waals surface area contributed by atoms with Crippen LogP contribution >= 0.6 is 0 Å². The van der Waals surface area contributed by atoms with E-state index >= 15 is 0 Å². The van der Waals surface area contributed by atoms with Crippen LogP contribution in [-0.4, -0.2) is 0 Å². The van der Waals surface area contributed by atoms with Gasteiger partial charge in [0.2, 0.25) is 0 Å². The van der Waals surface area contributed by atoms with Crippen molar-refractivity contribution < 1.29 is 0 Å².